The monoisotopic (exact) mass is 329 g/mol. The predicted molar refractivity (Wildman–Crippen MR) is 90.1 cm³/mol. The third-order valence-electron chi connectivity index (χ3n) is 4.54. The van der Waals surface area contributed by atoms with Gasteiger partial charge in [-0.1, -0.05) is 12.1 Å². The first-order valence-electron chi connectivity index (χ1n) is 8.04. The fourth-order valence-electron chi connectivity index (χ4n) is 2.99. The summed E-state index contributed by atoms with van der Waals surface area (Å²) in [4.78, 5) is 18.5. The number of nitrogens with zero attached hydrogens (tertiary/aromatic N) is 3. The van der Waals surface area contributed by atoms with E-state index in [0.717, 1.165) is 17.7 Å². The predicted octanol–water partition coefficient (Wildman–Crippen LogP) is 2.04. The molecule has 128 valence electrons. The molecule has 0 N–H and O–H groups in total. The number of benzene rings is 1. The van der Waals surface area contributed by atoms with Crippen LogP contribution in [-0.2, 0) is 11.8 Å². The number of imidazole rings is 1. The van der Waals surface area contributed by atoms with E-state index in [4.69, 9.17) is 9.47 Å². The number of likely N-dealkylation sites (tertiary alicyclic amines) is 1. The Labute approximate surface area is 142 Å². The Bertz CT molecular complexity index is 728. The second-order valence-electron chi connectivity index (χ2n) is 6.33. The lowest BCUT2D eigenvalue weighted by atomic mass is 10.0. The molecule has 1 amide bonds. The summed E-state index contributed by atoms with van der Waals surface area (Å²) in [5, 5.41) is 0. The number of hydrogen-bond donors (Lipinski definition) is 0. The Morgan fingerprint density at radius 2 is 2.25 bits per heavy atom. The van der Waals surface area contributed by atoms with Crippen LogP contribution >= 0.6 is 0 Å². The van der Waals surface area contributed by atoms with Crippen LogP contribution in [0.4, 0.5) is 0 Å². The molecule has 1 atom stereocenters. The molecule has 1 aliphatic heterocycles. The van der Waals surface area contributed by atoms with Crippen molar-refractivity contribution < 1.29 is 14.3 Å². The second-order valence-corrected chi connectivity index (χ2v) is 6.33. The zero-order chi connectivity index (χ0) is 17.2. The van der Waals surface area contributed by atoms with Crippen LogP contribution in [0.2, 0.25) is 0 Å². The molecule has 1 aliphatic rings. The summed E-state index contributed by atoms with van der Waals surface area (Å²) in [6, 6.07) is 7.93. The van der Waals surface area contributed by atoms with Crippen molar-refractivity contribution in [3.63, 3.8) is 0 Å². The van der Waals surface area contributed by atoms with Gasteiger partial charge in [0.2, 0.25) is 0 Å². The maximum Gasteiger partial charge on any atom is 0.289 e. The molecule has 0 saturated carbocycles. The summed E-state index contributed by atoms with van der Waals surface area (Å²) in [6.07, 6.45) is 4.15. The number of aromatic nitrogens is 2. The fourth-order valence-corrected chi connectivity index (χ4v) is 2.99. The molecule has 2 aromatic rings. The first-order valence-corrected chi connectivity index (χ1v) is 8.04. The van der Waals surface area contributed by atoms with Gasteiger partial charge in [-0.2, -0.15) is 0 Å². The van der Waals surface area contributed by atoms with Crippen molar-refractivity contribution in [1.82, 2.24) is 14.5 Å². The number of hydrogen-bond acceptors (Lipinski definition) is 4. The molecular weight excluding hydrogens is 306 g/mol. The molecule has 1 fully saturated rings. The average molecular weight is 329 g/mol. The van der Waals surface area contributed by atoms with Crippen LogP contribution in [0.15, 0.2) is 36.7 Å². The van der Waals surface area contributed by atoms with Crippen molar-refractivity contribution >= 4 is 5.91 Å². The first kappa shape index (κ1) is 16.5. The van der Waals surface area contributed by atoms with Crippen molar-refractivity contribution in [1.29, 1.82) is 0 Å². The molecule has 1 aromatic heterocycles. The lowest BCUT2D eigenvalue weighted by Crippen LogP contribution is -2.42. The summed E-state index contributed by atoms with van der Waals surface area (Å²) < 4.78 is 13.4. The van der Waals surface area contributed by atoms with Crippen LogP contribution in [0, 0.1) is 6.92 Å². The number of aryl methyl sites for hydroxylation is 2. The third kappa shape index (κ3) is 3.28. The summed E-state index contributed by atoms with van der Waals surface area (Å²) in [6.45, 7) is 3.58. The number of carbonyl (C=O) groups excluding carboxylic acids is 1. The standard InChI is InChI=1S/C18H23N3O3/c1-14-5-4-6-15(11-14)24-13-18(23-3)7-9-21(12-18)17(22)16-19-8-10-20(16)2/h4-6,8,10-11H,7,9,12-13H2,1-3H3/t18-/m1/s1. The highest BCUT2D eigenvalue weighted by Gasteiger charge is 2.42. The Balaban J connectivity index is 1.66. The van der Waals surface area contributed by atoms with Gasteiger partial charge in [0, 0.05) is 33.1 Å². The van der Waals surface area contributed by atoms with Gasteiger partial charge in [0.1, 0.15) is 18.0 Å². The summed E-state index contributed by atoms with van der Waals surface area (Å²) in [5.41, 5.74) is 0.668. The van der Waals surface area contributed by atoms with Crippen LogP contribution in [0.25, 0.3) is 0 Å². The van der Waals surface area contributed by atoms with Crippen LogP contribution < -0.4 is 4.74 Å². The van der Waals surface area contributed by atoms with E-state index in [1.807, 2.05) is 38.2 Å². The van der Waals surface area contributed by atoms with E-state index in [2.05, 4.69) is 4.98 Å². The van der Waals surface area contributed by atoms with E-state index >= 15 is 0 Å². The molecule has 6 nitrogen and oxygen atoms in total. The summed E-state index contributed by atoms with van der Waals surface area (Å²) >= 11 is 0. The Hall–Kier alpha value is -2.34. The molecule has 0 unspecified atom stereocenters. The molecule has 0 aliphatic carbocycles. The second kappa shape index (κ2) is 6.65. The molecule has 3 rings (SSSR count). The Kier molecular flexibility index (Phi) is 4.57. The number of ether oxygens (including phenoxy) is 2. The SMILES string of the molecule is CO[C@]1(COc2cccc(C)c2)CCN(C(=O)c2nccn2C)C1. The topological polar surface area (TPSA) is 56.6 Å². The fraction of sp³-hybridized carbons (Fsp3) is 0.444. The van der Waals surface area contributed by atoms with Crippen molar-refractivity contribution in [2.45, 2.75) is 18.9 Å². The van der Waals surface area contributed by atoms with E-state index in [0.29, 0.717) is 25.5 Å². The smallest absolute Gasteiger partial charge is 0.289 e. The maximum atomic E-state index is 12.6. The minimum atomic E-state index is -0.482. The minimum absolute atomic E-state index is 0.0722. The Morgan fingerprint density at radius 3 is 2.92 bits per heavy atom. The maximum absolute atomic E-state index is 12.6. The molecule has 6 heteroatoms. The van der Waals surface area contributed by atoms with E-state index in [-0.39, 0.29) is 5.91 Å². The largest absolute Gasteiger partial charge is 0.491 e. The van der Waals surface area contributed by atoms with E-state index < -0.39 is 5.60 Å². The van der Waals surface area contributed by atoms with Gasteiger partial charge in [0.25, 0.3) is 5.91 Å². The highest BCUT2D eigenvalue weighted by molar-refractivity contribution is 5.91. The highest BCUT2D eigenvalue weighted by Crippen LogP contribution is 2.27. The van der Waals surface area contributed by atoms with Crippen LogP contribution in [0.3, 0.4) is 0 Å². The lowest BCUT2D eigenvalue weighted by molar-refractivity contribution is -0.0343. The zero-order valence-corrected chi connectivity index (χ0v) is 14.4. The third-order valence-corrected chi connectivity index (χ3v) is 4.54. The van der Waals surface area contributed by atoms with Crippen molar-refractivity contribution in [2.24, 2.45) is 7.05 Å². The van der Waals surface area contributed by atoms with Gasteiger partial charge >= 0.3 is 0 Å². The normalized spacial score (nSPS) is 20.4. The van der Waals surface area contributed by atoms with Gasteiger partial charge in [-0.05, 0) is 31.0 Å². The van der Waals surface area contributed by atoms with Gasteiger partial charge in [0.15, 0.2) is 5.82 Å². The molecular formula is C18H23N3O3. The first-order chi connectivity index (χ1) is 11.5. The molecule has 1 aromatic carbocycles. The number of methoxy groups -OCH3 is 1. The van der Waals surface area contributed by atoms with Gasteiger partial charge in [-0.25, -0.2) is 4.98 Å². The lowest BCUT2D eigenvalue weighted by Gasteiger charge is -2.27. The van der Waals surface area contributed by atoms with Crippen molar-refractivity contribution in [2.75, 3.05) is 26.8 Å². The van der Waals surface area contributed by atoms with E-state index in [1.54, 1.807) is 29.0 Å². The molecule has 1 saturated heterocycles. The number of carbonyl (C=O) groups is 1. The van der Waals surface area contributed by atoms with Crippen LogP contribution in [0.1, 0.15) is 22.6 Å². The van der Waals surface area contributed by atoms with Crippen LogP contribution in [-0.4, -0.2) is 52.8 Å². The Morgan fingerprint density at radius 1 is 1.42 bits per heavy atom. The summed E-state index contributed by atoms with van der Waals surface area (Å²) in [5.74, 6) is 1.19. The summed E-state index contributed by atoms with van der Waals surface area (Å²) in [7, 11) is 3.50. The van der Waals surface area contributed by atoms with Gasteiger partial charge in [-0.3, -0.25) is 4.79 Å². The van der Waals surface area contributed by atoms with Gasteiger partial charge in [0.05, 0.1) is 6.54 Å². The van der Waals surface area contributed by atoms with Crippen molar-refractivity contribution in [3.05, 3.63) is 48.0 Å². The molecule has 0 bridgehead atoms. The molecule has 0 radical (unpaired) electrons. The van der Waals surface area contributed by atoms with E-state index in [9.17, 15) is 4.79 Å². The molecule has 0 spiro atoms. The van der Waals surface area contributed by atoms with E-state index in [1.165, 1.54) is 0 Å². The number of rotatable bonds is 5. The highest BCUT2D eigenvalue weighted by atomic mass is 16.5. The average Bonchev–Trinajstić information content (AvgIpc) is 3.20. The van der Waals surface area contributed by atoms with Crippen molar-refractivity contribution in [3.8, 4) is 5.75 Å². The molecule has 24 heavy (non-hydrogen) atoms. The van der Waals surface area contributed by atoms with Crippen LogP contribution in [0.5, 0.6) is 5.75 Å². The molecule has 2 heterocycles. The zero-order valence-electron chi connectivity index (χ0n) is 14.4. The minimum Gasteiger partial charge on any atom is -0.491 e. The quantitative estimate of drug-likeness (QED) is 0.842. The van der Waals surface area contributed by atoms with Gasteiger partial charge < -0.3 is 18.9 Å². The van der Waals surface area contributed by atoms with Gasteiger partial charge in [-0.15, -0.1) is 0 Å². The number of amides is 1.